The van der Waals surface area contributed by atoms with Gasteiger partial charge in [0.25, 0.3) is 0 Å². The summed E-state index contributed by atoms with van der Waals surface area (Å²) in [6.45, 7) is 4.32. The van der Waals surface area contributed by atoms with E-state index in [9.17, 15) is 0 Å². The van der Waals surface area contributed by atoms with E-state index in [1.165, 1.54) is 110 Å². The molecule has 0 saturated heterocycles. The van der Waals surface area contributed by atoms with Gasteiger partial charge >= 0.3 is 44.8 Å². The number of unbranched alkanes of at least 4 members (excludes halogenated alkanes) is 1. The van der Waals surface area contributed by atoms with E-state index in [4.69, 9.17) is 12.8 Å². The zero-order chi connectivity index (χ0) is 57.6. The fraction of sp³-hybridized carbons (Fsp3) is 0.0750. The Morgan fingerprint density at radius 2 is 0.674 bits per heavy atom. The van der Waals surface area contributed by atoms with Gasteiger partial charge in [0.15, 0.2) is 16.1 Å². The van der Waals surface area contributed by atoms with E-state index < -0.39 is 32.0 Å². The van der Waals surface area contributed by atoms with Crippen molar-refractivity contribution < 1.29 is 44.8 Å². The van der Waals surface area contributed by atoms with Crippen LogP contribution in [0.4, 0.5) is 0 Å². The van der Waals surface area contributed by atoms with Crippen LogP contribution in [0, 0.1) is 24.7 Å². The predicted molar refractivity (Wildman–Crippen MR) is 373 cm³/mol. The second-order valence-electron chi connectivity index (χ2n) is 21.3. The summed E-state index contributed by atoms with van der Waals surface area (Å²) in [5.74, 6) is 5.19. The predicted octanol–water partition coefficient (Wildman–Crippen LogP) is 12.6. The smallest absolute Gasteiger partial charge is 0.366 e. The van der Waals surface area contributed by atoms with Crippen LogP contribution in [0.1, 0.15) is 37.8 Å². The van der Waals surface area contributed by atoms with Gasteiger partial charge in [-0.1, -0.05) is 253 Å². The van der Waals surface area contributed by atoms with Crippen molar-refractivity contribution in [2.24, 2.45) is 0 Å². The maximum Gasteiger partial charge on any atom is 1.00 e. The molecule has 0 radical (unpaired) electrons. The first-order valence-corrected chi connectivity index (χ1v) is 36.7. The molecule has 1 atom stereocenters. The van der Waals surface area contributed by atoms with E-state index in [1.54, 1.807) is 0 Å². The topological polar surface area (TPSA) is 0 Å². The molecule has 6 heteroatoms. The Labute approximate surface area is 547 Å². The minimum atomic E-state index is -2.40. The van der Waals surface area contributed by atoms with E-state index >= 15 is 0 Å². The third-order valence-electron chi connectivity index (χ3n) is 16.7. The van der Waals surface area contributed by atoms with Crippen LogP contribution in [-0.4, -0.2) is 28.5 Å². The largest absolute Gasteiger partial charge is 1.00 e. The van der Waals surface area contributed by atoms with Crippen LogP contribution in [0.3, 0.4) is 0 Å². The number of hydrogen-bond donors (Lipinski definition) is 0. The van der Waals surface area contributed by atoms with Crippen molar-refractivity contribution in [2.75, 3.05) is 12.3 Å². The van der Waals surface area contributed by atoms with Crippen molar-refractivity contribution >= 4 is 89.4 Å². The van der Waals surface area contributed by atoms with Crippen molar-refractivity contribution in [3.63, 3.8) is 0 Å². The molecule has 0 saturated carbocycles. The number of fused-ring (bicyclic) bond motifs is 6. The molecule has 11 aromatic rings. The van der Waals surface area contributed by atoms with Crippen molar-refractivity contribution in [1.29, 1.82) is 0 Å². The van der Waals surface area contributed by atoms with E-state index in [-0.39, 0.29) is 44.8 Å². The van der Waals surface area contributed by atoms with Gasteiger partial charge in [0.1, 0.15) is 0 Å². The molecular weight excluding hydrogens is 1470 g/mol. The molecule has 2 aliphatic heterocycles. The molecule has 2 aliphatic rings. The molecule has 11 aromatic carbocycles. The quantitative estimate of drug-likeness (QED) is 0.0254. The van der Waals surface area contributed by atoms with Crippen molar-refractivity contribution in [1.82, 2.24) is 0 Å². The molecule has 0 amide bonds. The van der Waals surface area contributed by atoms with Gasteiger partial charge in [-0.2, -0.15) is 0 Å². The molecule has 0 bridgehead atoms. The van der Waals surface area contributed by atoms with E-state index in [0.29, 0.717) is 0 Å². The zero-order valence-corrected chi connectivity index (χ0v) is 56.8. The Morgan fingerprint density at radius 3 is 1.02 bits per heavy atom. The summed E-state index contributed by atoms with van der Waals surface area (Å²) >= 11 is 0. The van der Waals surface area contributed by atoms with Gasteiger partial charge < -0.3 is 12.8 Å². The molecule has 0 aromatic heterocycles. The van der Waals surface area contributed by atoms with Crippen LogP contribution in [0.15, 0.2) is 321 Å². The van der Waals surface area contributed by atoms with Crippen molar-refractivity contribution in [2.45, 2.75) is 26.7 Å². The average molecular weight is 1540 g/mol. The summed E-state index contributed by atoms with van der Waals surface area (Å²) in [6, 6.07) is 107. The molecule has 0 aliphatic carbocycles. The third kappa shape index (κ3) is 12.9. The second kappa shape index (κ2) is 30.4. The maximum atomic E-state index is 7.67. The summed E-state index contributed by atoms with van der Waals surface area (Å²) in [6.07, 6.45) is 27.4. The normalized spacial score (nSPS) is 13.0. The third-order valence-corrected chi connectivity index (χ3v) is 32.4. The molecule has 13 rings (SSSR count). The van der Waals surface area contributed by atoms with Crippen LogP contribution >= 0.6 is 15.8 Å². The molecule has 2 heterocycles. The summed E-state index contributed by atoms with van der Waals surface area (Å²) in [5, 5.41) is 17.2. The fourth-order valence-corrected chi connectivity index (χ4v) is 29.0. The maximum absolute atomic E-state index is 7.67. The van der Waals surface area contributed by atoms with Crippen LogP contribution in [0.5, 0.6) is 0 Å². The second-order valence-corrected chi connectivity index (χ2v) is 34.0. The minimum absolute atomic E-state index is 0. The molecule has 0 spiro atoms. The first-order valence-electron chi connectivity index (χ1n) is 29.3. The molecule has 1 unspecified atom stereocenters. The SMILES string of the molecule is C/C=C\C(=C/C)[PH+](CCCC[PH+](c1ccccc1)c1ccccc1)c1ccccc1.[Au+].[Au+].[C-]#Cc1ccc2c(c1)[Si](c1ccccc1)(c1ccccc1)c1ccccc1-2.[C-]#Cc1ccc2c(c1)[Si](c1ccccc1)(c1ccccc1)c1ccccc1-2. The van der Waals surface area contributed by atoms with Crippen LogP contribution in [0.25, 0.3) is 22.3 Å². The number of benzene rings is 11. The monoisotopic (exact) mass is 1540 g/mol. The van der Waals surface area contributed by atoms with E-state index in [0.717, 1.165) is 11.1 Å². The van der Waals surface area contributed by atoms with Crippen LogP contribution in [-0.2, 0) is 44.8 Å². The Morgan fingerprint density at radius 1 is 0.360 bits per heavy atom. The van der Waals surface area contributed by atoms with Gasteiger partial charge in [-0.15, -0.1) is 35.4 Å². The molecule has 426 valence electrons. The van der Waals surface area contributed by atoms with Gasteiger partial charge in [-0.05, 0) is 129 Å². The minimum Gasteiger partial charge on any atom is -0.366 e. The Bertz CT molecular complexity index is 3810. The summed E-state index contributed by atoms with van der Waals surface area (Å²) in [4.78, 5) is 0. The van der Waals surface area contributed by atoms with Gasteiger partial charge in [-0.25, -0.2) is 0 Å². The number of rotatable bonds is 14. The Balaban J connectivity index is 0.000000152. The van der Waals surface area contributed by atoms with E-state index in [2.05, 4.69) is 329 Å². The van der Waals surface area contributed by atoms with Crippen LogP contribution in [0.2, 0.25) is 0 Å². The van der Waals surface area contributed by atoms with Gasteiger partial charge in [0, 0.05) is 0 Å². The van der Waals surface area contributed by atoms with Crippen molar-refractivity contribution in [3.05, 3.63) is 345 Å². The summed E-state index contributed by atoms with van der Waals surface area (Å²) < 4.78 is 0. The summed E-state index contributed by atoms with van der Waals surface area (Å²) in [7, 11) is -6.22. The van der Waals surface area contributed by atoms with Gasteiger partial charge in [0.05, 0.1) is 49.4 Å². The van der Waals surface area contributed by atoms with E-state index in [1.807, 2.05) is 12.1 Å². The molecular formula is C80H68Au2P2Si2+2. The standard InChI is InChI=1S/C28H32P2.2C26H17Si.2Au/c1-3-16-25(4-2)29(26-17-8-5-9-18-26)23-14-15-24-30(27-19-10-6-11-20-27)28-21-12-7-13-22-28;2*1-2-20-17-18-24-23-15-9-10-16-25(23)27(26(24)19-20,21-11-5-3-6-12-21)22-13-7-4-8-14-22;;/h3-13,16-22H,14-15,23-24H2,1-2H3;2*3-19H;;/q;2*-1;2*+1/p+2/b16-3-,25-4+;;;;. The Hall–Kier alpha value is -7.21. The van der Waals surface area contributed by atoms with Crippen LogP contribution < -0.4 is 57.4 Å². The van der Waals surface area contributed by atoms with Crippen molar-refractivity contribution in [3.8, 4) is 34.1 Å². The Kier molecular flexibility index (Phi) is 22.4. The van der Waals surface area contributed by atoms with Gasteiger partial charge in [0.2, 0.25) is 0 Å². The fourth-order valence-electron chi connectivity index (χ4n) is 13.0. The van der Waals surface area contributed by atoms with Gasteiger partial charge in [-0.3, -0.25) is 11.8 Å². The molecule has 0 N–H and O–H groups in total. The molecule has 0 nitrogen and oxygen atoms in total. The molecule has 86 heavy (non-hydrogen) atoms. The average Bonchev–Trinajstić information content (AvgIpc) is 1.59. The first kappa shape index (κ1) is 63.3. The molecule has 0 fully saturated rings. The zero-order valence-electron chi connectivity index (χ0n) is 48.5. The first-order chi connectivity index (χ1) is 41.5. The number of hydrogen-bond acceptors (Lipinski definition) is 0. The summed E-state index contributed by atoms with van der Waals surface area (Å²) in [5.41, 5.74) is 6.91. The number of allylic oxidation sites excluding steroid dienone is 4.